The summed E-state index contributed by atoms with van der Waals surface area (Å²) in [5, 5.41) is 10.6. The Labute approximate surface area is 117 Å². The van der Waals surface area contributed by atoms with Gasteiger partial charge in [0.15, 0.2) is 0 Å². The Balaban J connectivity index is 2.73. The number of nitro groups is 1. The van der Waals surface area contributed by atoms with Crippen LogP contribution in [0.3, 0.4) is 0 Å². The Hall–Kier alpha value is -1.71. The molecule has 0 aliphatic heterocycles. The number of methoxy groups -OCH3 is 1. The highest BCUT2D eigenvalue weighted by molar-refractivity contribution is 7.89. The summed E-state index contributed by atoms with van der Waals surface area (Å²) in [4.78, 5) is 9.85. The monoisotopic (exact) mass is 303 g/mol. The van der Waals surface area contributed by atoms with Gasteiger partial charge in [-0.25, -0.2) is 13.1 Å². The summed E-state index contributed by atoms with van der Waals surface area (Å²) in [5.41, 5.74) is 4.96. The lowest BCUT2D eigenvalue weighted by Gasteiger charge is -2.07. The first-order chi connectivity index (χ1) is 9.38. The van der Waals surface area contributed by atoms with E-state index in [0.717, 1.165) is 24.6 Å². The van der Waals surface area contributed by atoms with Crippen LogP contribution in [0.1, 0.15) is 12.8 Å². The fourth-order valence-corrected chi connectivity index (χ4v) is 2.64. The van der Waals surface area contributed by atoms with Gasteiger partial charge in [0.25, 0.3) is 5.69 Å². The molecule has 1 rings (SSSR count). The van der Waals surface area contributed by atoms with Gasteiger partial charge in [-0.05, 0) is 25.0 Å². The number of nitrogen functional groups attached to an aromatic ring is 1. The van der Waals surface area contributed by atoms with E-state index in [4.69, 9.17) is 10.5 Å². The number of nitrogens with two attached hydrogens (primary N) is 1. The Bertz CT molecular complexity index is 573. The molecule has 0 aromatic heterocycles. The zero-order valence-electron chi connectivity index (χ0n) is 11.0. The van der Waals surface area contributed by atoms with Crippen molar-refractivity contribution in [3.8, 4) is 0 Å². The molecule has 1 aromatic rings. The molecule has 20 heavy (non-hydrogen) atoms. The third kappa shape index (κ3) is 4.44. The lowest BCUT2D eigenvalue weighted by Crippen LogP contribution is -2.25. The van der Waals surface area contributed by atoms with Crippen LogP contribution in [-0.2, 0) is 14.8 Å². The van der Waals surface area contributed by atoms with Crippen molar-refractivity contribution < 1.29 is 18.1 Å². The predicted octanol–water partition coefficient (Wildman–Crippen LogP) is 0.882. The smallest absolute Gasteiger partial charge is 0.292 e. The Morgan fingerprint density at radius 1 is 1.40 bits per heavy atom. The van der Waals surface area contributed by atoms with Gasteiger partial charge in [-0.1, -0.05) is 0 Å². The Morgan fingerprint density at radius 2 is 2.10 bits per heavy atom. The van der Waals surface area contributed by atoms with Gasteiger partial charge in [0.2, 0.25) is 10.0 Å². The molecule has 3 N–H and O–H groups in total. The van der Waals surface area contributed by atoms with Crippen molar-refractivity contribution in [1.82, 2.24) is 4.72 Å². The summed E-state index contributed by atoms with van der Waals surface area (Å²) >= 11 is 0. The molecule has 0 amide bonds. The Kier molecular flexibility index (Phi) is 5.86. The summed E-state index contributed by atoms with van der Waals surface area (Å²) in [7, 11) is -2.13. The normalized spacial score (nSPS) is 11.4. The molecule has 0 aliphatic carbocycles. The molecule has 0 fully saturated rings. The molecule has 0 radical (unpaired) electrons. The average Bonchev–Trinajstić information content (AvgIpc) is 2.37. The number of anilines is 1. The molecule has 0 heterocycles. The third-order valence-corrected chi connectivity index (χ3v) is 4.03. The molecule has 0 spiro atoms. The summed E-state index contributed by atoms with van der Waals surface area (Å²) < 4.78 is 31.1. The van der Waals surface area contributed by atoms with Crippen molar-refractivity contribution in [3.63, 3.8) is 0 Å². The molecule has 0 atom stereocenters. The second-order valence-electron chi connectivity index (χ2n) is 4.08. The topological polar surface area (TPSA) is 125 Å². The van der Waals surface area contributed by atoms with E-state index in [-0.39, 0.29) is 22.8 Å². The van der Waals surface area contributed by atoms with Gasteiger partial charge in [-0.15, -0.1) is 0 Å². The minimum atomic E-state index is -3.71. The highest BCUT2D eigenvalue weighted by Gasteiger charge is 2.18. The molecule has 0 saturated carbocycles. The van der Waals surface area contributed by atoms with Gasteiger partial charge in [0, 0.05) is 26.3 Å². The van der Waals surface area contributed by atoms with Crippen molar-refractivity contribution >= 4 is 21.4 Å². The SMILES string of the molecule is COCCCCNS(=O)(=O)c1ccc([N+](=O)[O-])c(N)c1. The van der Waals surface area contributed by atoms with Gasteiger partial charge in [-0.3, -0.25) is 10.1 Å². The molecule has 0 unspecified atom stereocenters. The highest BCUT2D eigenvalue weighted by atomic mass is 32.2. The van der Waals surface area contributed by atoms with Crippen LogP contribution in [0.2, 0.25) is 0 Å². The maximum atomic E-state index is 11.9. The predicted molar refractivity (Wildman–Crippen MR) is 73.8 cm³/mol. The summed E-state index contributed by atoms with van der Waals surface area (Å²) in [6, 6.07) is 3.32. The number of nitrogens with zero attached hydrogens (tertiary/aromatic N) is 1. The number of unbranched alkanes of at least 4 members (excludes halogenated alkanes) is 1. The lowest BCUT2D eigenvalue weighted by molar-refractivity contribution is -0.383. The minimum Gasteiger partial charge on any atom is -0.393 e. The van der Waals surface area contributed by atoms with Crippen LogP contribution in [0.15, 0.2) is 23.1 Å². The molecule has 0 aliphatic rings. The molecule has 1 aromatic carbocycles. The molecular weight excluding hydrogens is 286 g/mol. The van der Waals surface area contributed by atoms with Crippen molar-refractivity contribution in [2.24, 2.45) is 0 Å². The quantitative estimate of drug-likeness (QED) is 0.318. The van der Waals surface area contributed by atoms with Gasteiger partial charge in [0.05, 0.1) is 9.82 Å². The zero-order valence-corrected chi connectivity index (χ0v) is 11.9. The summed E-state index contributed by atoms with van der Waals surface area (Å²) in [6.45, 7) is 0.828. The second kappa shape index (κ2) is 7.17. The fourth-order valence-electron chi connectivity index (χ4n) is 1.53. The van der Waals surface area contributed by atoms with Crippen LogP contribution in [0.5, 0.6) is 0 Å². The zero-order chi connectivity index (χ0) is 15.2. The summed E-state index contributed by atoms with van der Waals surface area (Å²) in [5.74, 6) is 0. The van der Waals surface area contributed by atoms with Crippen LogP contribution in [-0.4, -0.2) is 33.6 Å². The third-order valence-electron chi connectivity index (χ3n) is 2.57. The van der Waals surface area contributed by atoms with Crippen molar-refractivity contribution in [1.29, 1.82) is 0 Å². The molecule has 112 valence electrons. The van der Waals surface area contributed by atoms with E-state index in [1.165, 1.54) is 0 Å². The van der Waals surface area contributed by atoms with Gasteiger partial charge in [-0.2, -0.15) is 0 Å². The number of nitrogens with one attached hydrogen (secondary N) is 1. The first-order valence-electron chi connectivity index (χ1n) is 5.91. The number of nitro benzene ring substituents is 1. The first kappa shape index (κ1) is 16.3. The van der Waals surface area contributed by atoms with Crippen LogP contribution in [0, 0.1) is 10.1 Å². The van der Waals surface area contributed by atoms with Gasteiger partial charge >= 0.3 is 0 Å². The number of sulfonamides is 1. The number of benzene rings is 1. The molecule has 0 bridgehead atoms. The largest absolute Gasteiger partial charge is 0.393 e. The number of ether oxygens (including phenoxy) is 1. The van der Waals surface area contributed by atoms with Crippen molar-refractivity contribution in [3.05, 3.63) is 28.3 Å². The number of hydrogen-bond donors (Lipinski definition) is 2. The van der Waals surface area contributed by atoms with Crippen LogP contribution >= 0.6 is 0 Å². The van der Waals surface area contributed by atoms with Crippen LogP contribution < -0.4 is 10.5 Å². The summed E-state index contributed by atoms with van der Waals surface area (Å²) in [6.07, 6.45) is 1.37. The molecule has 0 saturated heterocycles. The Morgan fingerprint density at radius 3 is 2.65 bits per heavy atom. The van der Waals surface area contributed by atoms with Crippen molar-refractivity contribution in [2.75, 3.05) is 26.0 Å². The van der Waals surface area contributed by atoms with E-state index in [2.05, 4.69) is 4.72 Å². The fraction of sp³-hybridized carbons (Fsp3) is 0.455. The lowest BCUT2D eigenvalue weighted by atomic mass is 10.3. The van der Waals surface area contributed by atoms with E-state index in [1.54, 1.807) is 7.11 Å². The second-order valence-corrected chi connectivity index (χ2v) is 5.84. The standard InChI is InChI=1S/C11H17N3O5S/c1-19-7-3-2-6-13-20(17,18)9-4-5-11(14(15)16)10(12)8-9/h4-5,8,13H,2-3,6-7,12H2,1H3. The van der Waals surface area contributed by atoms with Crippen LogP contribution in [0.25, 0.3) is 0 Å². The van der Waals surface area contributed by atoms with Gasteiger partial charge < -0.3 is 10.5 Å². The maximum absolute atomic E-state index is 11.9. The van der Waals surface area contributed by atoms with E-state index in [1.807, 2.05) is 0 Å². The van der Waals surface area contributed by atoms with Crippen molar-refractivity contribution in [2.45, 2.75) is 17.7 Å². The van der Waals surface area contributed by atoms with E-state index < -0.39 is 14.9 Å². The van der Waals surface area contributed by atoms with E-state index >= 15 is 0 Å². The molecular formula is C11H17N3O5S. The average molecular weight is 303 g/mol. The molecule has 8 nitrogen and oxygen atoms in total. The number of hydrogen-bond acceptors (Lipinski definition) is 6. The van der Waals surface area contributed by atoms with E-state index in [0.29, 0.717) is 13.0 Å². The first-order valence-corrected chi connectivity index (χ1v) is 7.39. The van der Waals surface area contributed by atoms with Crippen LogP contribution in [0.4, 0.5) is 11.4 Å². The highest BCUT2D eigenvalue weighted by Crippen LogP contribution is 2.24. The van der Waals surface area contributed by atoms with E-state index in [9.17, 15) is 18.5 Å². The maximum Gasteiger partial charge on any atom is 0.292 e. The molecule has 9 heteroatoms. The van der Waals surface area contributed by atoms with Gasteiger partial charge in [0.1, 0.15) is 5.69 Å². The number of rotatable bonds is 8. The minimum absolute atomic E-state index is 0.0904.